The van der Waals surface area contributed by atoms with Crippen LogP contribution in [0.2, 0.25) is 10.0 Å². The zero-order chi connectivity index (χ0) is 22.0. The molecule has 1 aliphatic heterocycles. The Hall–Kier alpha value is -2.01. The zero-order valence-electron chi connectivity index (χ0n) is 16.0. The van der Waals surface area contributed by atoms with Gasteiger partial charge in [-0.2, -0.15) is 4.31 Å². The minimum absolute atomic E-state index is 0.137. The molecule has 0 atom stereocenters. The number of thiazole rings is 1. The molecule has 0 spiro atoms. The number of nitrogens with one attached hydrogen (secondary N) is 1. The van der Waals surface area contributed by atoms with Crippen molar-refractivity contribution in [3.63, 3.8) is 0 Å². The van der Waals surface area contributed by atoms with Gasteiger partial charge in [-0.05, 0) is 42.5 Å². The molecule has 4 rings (SSSR count). The lowest BCUT2D eigenvalue weighted by molar-refractivity contribution is 0.0730. The molecule has 0 radical (unpaired) electrons. The van der Waals surface area contributed by atoms with Crippen LogP contribution in [0.1, 0.15) is 10.4 Å². The Balaban J connectivity index is 1.47. The van der Waals surface area contributed by atoms with Crippen molar-refractivity contribution >= 4 is 55.6 Å². The van der Waals surface area contributed by atoms with E-state index in [2.05, 4.69) is 10.3 Å². The molecular weight excluding hydrogens is 481 g/mol. The predicted molar refractivity (Wildman–Crippen MR) is 122 cm³/mol. The van der Waals surface area contributed by atoms with Crippen molar-refractivity contribution in [3.05, 3.63) is 63.5 Å². The Kier molecular flexibility index (Phi) is 6.61. The Morgan fingerprint density at radius 1 is 1.10 bits per heavy atom. The van der Waals surface area contributed by atoms with Gasteiger partial charge in [-0.25, -0.2) is 13.4 Å². The molecule has 1 aliphatic rings. The number of benzene rings is 2. The van der Waals surface area contributed by atoms with E-state index in [1.807, 2.05) is 0 Å². The second-order valence-electron chi connectivity index (χ2n) is 6.66. The zero-order valence-corrected chi connectivity index (χ0v) is 19.2. The molecule has 2 heterocycles. The first-order chi connectivity index (χ1) is 14.8. The van der Waals surface area contributed by atoms with Crippen molar-refractivity contribution in [2.45, 2.75) is 4.90 Å². The lowest BCUT2D eigenvalue weighted by atomic mass is 10.2. The molecule has 1 aromatic heterocycles. The highest BCUT2D eigenvalue weighted by Gasteiger charge is 2.26. The maximum atomic E-state index is 12.7. The number of hydrogen-bond donors (Lipinski definition) is 1. The normalized spacial score (nSPS) is 15.0. The molecular formula is C20H17Cl2N3O4S2. The van der Waals surface area contributed by atoms with Crippen molar-refractivity contribution in [2.24, 2.45) is 0 Å². The Morgan fingerprint density at radius 3 is 2.52 bits per heavy atom. The molecule has 0 saturated carbocycles. The molecule has 1 amide bonds. The predicted octanol–water partition coefficient (Wildman–Crippen LogP) is 4.39. The summed E-state index contributed by atoms with van der Waals surface area (Å²) in [5.41, 5.74) is 1.59. The highest BCUT2D eigenvalue weighted by molar-refractivity contribution is 7.89. The van der Waals surface area contributed by atoms with Gasteiger partial charge in [0.2, 0.25) is 10.0 Å². The molecule has 0 unspecified atom stereocenters. The van der Waals surface area contributed by atoms with Crippen LogP contribution in [0.15, 0.2) is 52.7 Å². The van der Waals surface area contributed by atoms with E-state index in [1.165, 1.54) is 39.9 Å². The topological polar surface area (TPSA) is 88.6 Å². The van der Waals surface area contributed by atoms with Gasteiger partial charge in [0.05, 0.1) is 28.8 Å². The first-order valence-corrected chi connectivity index (χ1v) is 12.3. The minimum Gasteiger partial charge on any atom is -0.379 e. The van der Waals surface area contributed by atoms with Crippen LogP contribution >= 0.6 is 34.5 Å². The largest absolute Gasteiger partial charge is 0.379 e. The lowest BCUT2D eigenvalue weighted by Gasteiger charge is -2.26. The molecule has 1 N–H and O–H groups in total. The summed E-state index contributed by atoms with van der Waals surface area (Å²) < 4.78 is 32.0. The van der Waals surface area contributed by atoms with E-state index < -0.39 is 15.9 Å². The molecule has 0 bridgehead atoms. The second kappa shape index (κ2) is 9.23. The van der Waals surface area contributed by atoms with Crippen LogP contribution in [-0.2, 0) is 14.8 Å². The van der Waals surface area contributed by atoms with E-state index in [1.54, 1.807) is 23.6 Å². The maximum Gasteiger partial charge on any atom is 0.257 e. The van der Waals surface area contributed by atoms with Crippen LogP contribution in [0.25, 0.3) is 11.3 Å². The van der Waals surface area contributed by atoms with Crippen molar-refractivity contribution in [3.8, 4) is 11.3 Å². The van der Waals surface area contributed by atoms with E-state index in [0.717, 1.165) is 0 Å². The third-order valence-corrected chi connectivity index (χ3v) is 7.89. The molecule has 1 saturated heterocycles. The Bertz CT molecular complexity index is 1210. The smallest absolute Gasteiger partial charge is 0.257 e. The number of anilines is 1. The van der Waals surface area contributed by atoms with Crippen molar-refractivity contribution < 1.29 is 17.9 Å². The number of morpholine rings is 1. The highest BCUT2D eigenvalue weighted by Crippen LogP contribution is 2.32. The second-order valence-corrected chi connectivity index (χ2v) is 10.3. The number of sulfonamides is 1. The number of ether oxygens (including phenoxy) is 1. The number of hydrogen-bond acceptors (Lipinski definition) is 6. The molecule has 7 nitrogen and oxygen atoms in total. The van der Waals surface area contributed by atoms with E-state index in [4.69, 9.17) is 27.9 Å². The molecule has 31 heavy (non-hydrogen) atoms. The van der Waals surface area contributed by atoms with Gasteiger partial charge in [-0.1, -0.05) is 23.2 Å². The van der Waals surface area contributed by atoms with Crippen LogP contribution in [0.4, 0.5) is 5.13 Å². The van der Waals surface area contributed by atoms with Crippen molar-refractivity contribution in [1.82, 2.24) is 9.29 Å². The first-order valence-electron chi connectivity index (χ1n) is 9.25. The summed E-state index contributed by atoms with van der Waals surface area (Å²) >= 11 is 13.5. The van der Waals surface area contributed by atoms with Gasteiger partial charge in [0, 0.05) is 34.6 Å². The highest BCUT2D eigenvalue weighted by atomic mass is 35.5. The molecule has 162 valence electrons. The number of rotatable bonds is 5. The molecule has 2 aromatic carbocycles. The Morgan fingerprint density at radius 2 is 1.81 bits per heavy atom. The van der Waals surface area contributed by atoms with E-state index in [-0.39, 0.29) is 4.90 Å². The van der Waals surface area contributed by atoms with Gasteiger partial charge >= 0.3 is 0 Å². The third kappa shape index (κ3) is 4.92. The van der Waals surface area contributed by atoms with E-state index in [0.29, 0.717) is 58.3 Å². The van der Waals surface area contributed by atoms with Crippen molar-refractivity contribution in [2.75, 3.05) is 31.6 Å². The average Bonchev–Trinajstić information content (AvgIpc) is 3.24. The van der Waals surface area contributed by atoms with Crippen LogP contribution in [0.3, 0.4) is 0 Å². The number of nitrogens with zero attached hydrogens (tertiary/aromatic N) is 2. The number of halogens is 2. The standard InChI is InChI=1S/C20H17Cl2N3O4S2/c21-14-3-6-17(22)16(11-14)18-12-30-20(23-18)24-19(26)13-1-4-15(5-2-13)31(27,28)25-7-9-29-10-8-25/h1-6,11-12H,7-10H2,(H,23,24,26). The summed E-state index contributed by atoms with van der Waals surface area (Å²) in [6.07, 6.45) is 0. The van der Waals surface area contributed by atoms with Gasteiger partial charge in [0.25, 0.3) is 5.91 Å². The van der Waals surface area contributed by atoms with Crippen LogP contribution < -0.4 is 5.32 Å². The number of amides is 1. The van der Waals surface area contributed by atoms with Gasteiger partial charge in [-0.3, -0.25) is 10.1 Å². The SMILES string of the molecule is O=C(Nc1nc(-c2cc(Cl)ccc2Cl)cs1)c1ccc(S(=O)(=O)N2CCOCC2)cc1. The number of aromatic nitrogens is 1. The summed E-state index contributed by atoms with van der Waals surface area (Å²) in [6, 6.07) is 10.9. The van der Waals surface area contributed by atoms with Gasteiger partial charge < -0.3 is 4.74 Å². The summed E-state index contributed by atoms with van der Waals surface area (Å²) in [5, 5.41) is 5.92. The Labute approximate surface area is 193 Å². The van der Waals surface area contributed by atoms with Crippen molar-refractivity contribution in [1.29, 1.82) is 0 Å². The third-order valence-electron chi connectivity index (χ3n) is 4.65. The van der Waals surface area contributed by atoms with E-state index in [9.17, 15) is 13.2 Å². The lowest BCUT2D eigenvalue weighted by Crippen LogP contribution is -2.40. The molecule has 1 fully saturated rings. The summed E-state index contributed by atoms with van der Waals surface area (Å²) in [6.45, 7) is 1.37. The van der Waals surface area contributed by atoms with Gasteiger partial charge in [0.15, 0.2) is 5.13 Å². The van der Waals surface area contributed by atoms with E-state index >= 15 is 0 Å². The fourth-order valence-corrected chi connectivity index (χ4v) is 5.53. The van der Waals surface area contributed by atoms with Crippen LogP contribution in [-0.4, -0.2) is 49.9 Å². The van der Waals surface area contributed by atoms with Gasteiger partial charge in [-0.15, -0.1) is 11.3 Å². The average molecular weight is 498 g/mol. The summed E-state index contributed by atoms with van der Waals surface area (Å²) in [5.74, 6) is -0.395. The fourth-order valence-electron chi connectivity index (χ4n) is 3.03. The molecule has 11 heteroatoms. The summed E-state index contributed by atoms with van der Waals surface area (Å²) in [7, 11) is -3.61. The number of carbonyl (C=O) groups excluding carboxylic acids is 1. The molecule has 0 aliphatic carbocycles. The number of carbonyl (C=O) groups is 1. The van der Waals surface area contributed by atoms with Crippen LogP contribution in [0.5, 0.6) is 0 Å². The minimum atomic E-state index is -3.61. The quantitative estimate of drug-likeness (QED) is 0.564. The monoisotopic (exact) mass is 497 g/mol. The maximum absolute atomic E-state index is 12.7. The fraction of sp³-hybridized carbons (Fsp3) is 0.200. The van der Waals surface area contributed by atoms with Gasteiger partial charge in [0.1, 0.15) is 0 Å². The van der Waals surface area contributed by atoms with Crippen LogP contribution in [0, 0.1) is 0 Å². The first kappa shape index (κ1) is 22.2. The molecule has 3 aromatic rings. The summed E-state index contributed by atoms with van der Waals surface area (Å²) in [4.78, 5) is 17.1.